The van der Waals surface area contributed by atoms with Gasteiger partial charge in [-0.1, -0.05) is 27.2 Å². The maximum Gasteiger partial charge on any atom is 0.271 e. The molecule has 0 saturated carbocycles. The average molecular weight is 264 g/mol. The Hall–Kier alpha value is -1.65. The minimum absolute atomic E-state index is 0.163. The number of hydrogen-bond acceptors (Lipinski definition) is 4. The zero-order valence-electron chi connectivity index (χ0n) is 12.3. The first-order valence-electron chi connectivity index (χ1n) is 6.86. The molecule has 19 heavy (non-hydrogen) atoms. The van der Waals surface area contributed by atoms with Crippen molar-refractivity contribution in [2.24, 2.45) is 5.92 Å². The first-order chi connectivity index (χ1) is 9.04. The van der Waals surface area contributed by atoms with Gasteiger partial charge in [-0.15, -0.1) is 0 Å². The highest BCUT2D eigenvalue weighted by Crippen LogP contribution is 2.07. The molecule has 5 nitrogen and oxygen atoms in total. The van der Waals surface area contributed by atoms with Crippen molar-refractivity contribution in [3.8, 4) is 0 Å². The third kappa shape index (κ3) is 5.24. The zero-order chi connectivity index (χ0) is 14.3. The number of amides is 1. The van der Waals surface area contributed by atoms with Crippen molar-refractivity contribution in [3.63, 3.8) is 0 Å². The Labute approximate surface area is 115 Å². The van der Waals surface area contributed by atoms with Crippen molar-refractivity contribution in [1.29, 1.82) is 0 Å². The van der Waals surface area contributed by atoms with Gasteiger partial charge in [0.05, 0.1) is 12.4 Å². The minimum atomic E-state index is -0.163. The van der Waals surface area contributed by atoms with E-state index in [2.05, 4.69) is 36.1 Å². The third-order valence-electron chi connectivity index (χ3n) is 2.78. The molecular formula is C14H24N4O. The second kappa shape index (κ2) is 7.71. The van der Waals surface area contributed by atoms with Gasteiger partial charge >= 0.3 is 0 Å². The van der Waals surface area contributed by atoms with Gasteiger partial charge in [0.1, 0.15) is 11.5 Å². The molecule has 0 spiro atoms. The number of aromatic nitrogens is 2. The van der Waals surface area contributed by atoms with Crippen molar-refractivity contribution in [1.82, 2.24) is 15.3 Å². The maximum absolute atomic E-state index is 11.8. The van der Waals surface area contributed by atoms with Crippen LogP contribution in [-0.2, 0) is 0 Å². The summed E-state index contributed by atoms with van der Waals surface area (Å²) in [5, 5.41) is 2.83. The molecule has 0 unspecified atom stereocenters. The molecule has 0 fully saturated rings. The lowest BCUT2D eigenvalue weighted by atomic mass is 10.2. The summed E-state index contributed by atoms with van der Waals surface area (Å²) in [7, 11) is 1.98. The molecule has 1 rings (SSSR count). The van der Waals surface area contributed by atoms with Crippen molar-refractivity contribution in [2.45, 2.75) is 33.6 Å². The van der Waals surface area contributed by atoms with Crippen LogP contribution in [0.15, 0.2) is 12.4 Å². The summed E-state index contributed by atoms with van der Waals surface area (Å²) in [5.74, 6) is 1.06. The quantitative estimate of drug-likeness (QED) is 0.819. The largest absolute Gasteiger partial charge is 0.358 e. The maximum atomic E-state index is 11.8. The molecule has 1 N–H and O–H groups in total. The van der Waals surface area contributed by atoms with E-state index in [1.807, 2.05) is 11.9 Å². The fourth-order valence-electron chi connectivity index (χ4n) is 1.53. The first kappa shape index (κ1) is 15.4. The Morgan fingerprint density at radius 1 is 1.37 bits per heavy atom. The summed E-state index contributed by atoms with van der Waals surface area (Å²) >= 11 is 0. The van der Waals surface area contributed by atoms with Crippen molar-refractivity contribution in [3.05, 3.63) is 18.1 Å². The van der Waals surface area contributed by atoms with E-state index in [9.17, 15) is 4.79 Å². The molecule has 0 atom stereocenters. The molecule has 1 heterocycles. The molecular weight excluding hydrogens is 240 g/mol. The number of rotatable bonds is 7. The van der Waals surface area contributed by atoms with E-state index in [0.29, 0.717) is 18.2 Å². The monoisotopic (exact) mass is 264 g/mol. The lowest BCUT2D eigenvalue weighted by Gasteiger charge is -2.17. The van der Waals surface area contributed by atoms with Crippen molar-refractivity contribution >= 4 is 11.7 Å². The SMILES string of the molecule is CCCCN(C)c1cnc(C(=O)NCC(C)C)cn1. The molecule has 1 aromatic heterocycles. The van der Waals surface area contributed by atoms with Gasteiger partial charge in [0, 0.05) is 20.1 Å². The summed E-state index contributed by atoms with van der Waals surface area (Å²) in [4.78, 5) is 22.3. The van der Waals surface area contributed by atoms with E-state index in [-0.39, 0.29) is 5.91 Å². The van der Waals surface area contributed by atoms with E-state index < -0.39 is 0 Å². The summed E-state index contributed by atoms with van der Waals surface area (Å²) in [6.07, 6.45) is 5.45. The van der Waals surface area contributed by atoms with E-state index in [4.69, 9.17) is 0 Å². The molecule has 0 aliphatic rings. The van der Waals surface area contributed by atoms with Gasteiger partial charge in [0.25, 0.3) is 5.91 Å². The van der Waals surface area contributed by atoms with Crippen LogP contribution in [0.2, 0.25) is 0 Å². The van der Waals surface area contributed by atoms with Gasteiger partial charge in [0.2, 0.25) is 0 Å². The van der Waals surface area contributed by atoms with E-state index in [0.717, 1.165) is 25.2 Å². The Balaban J connectivity index is 2.57. The van der Waals surface area contributed by atoms with E-state index >= 15 is 0 Å². The van der Waals surface area contributed by atoms with Crippen LogP contribution in [0.4, 0.5) is 5.82 Å². The zero-order valence-corrected chi connectivity index (χ0v) is 12.3. The highest BCUT2D eigenvalue weighted by atomic mass is 16.1. The predicted molar refractivity (Wildman–Crippen MR) is 77.4 cm³/mol. The predicted octanol–water partition coefficient (Wildman–Crippen LogP) is 2.10. The van der Waals surface area contributed by atoms with Crippen molar-refractivity contribution in [2.75, 3.05) is 25.0 Å². The van der Waals surface area contributed by atoms with Crippen LogP contribution in [0.5, 0.6) is 0 Å². The standard InChI is InChI=1S/C14H24N4O/c1-5-6-7-18(4)13-10-15-12(9-16-13)14(19)17-8-11(2)3/h9-11H,5-8H2,1-4H3,(H,17,19). The molecule has 0 aliphatic carbocycles. The Morgan fingerprint density at radius 3 is 2.63 bits per heavy atom. The molecule has 0 aliphatic heterocycles. The van der Waals surface area contributed by atoms with Gasteiger partial charge in [-0.25, -0.2) is 9.97 Å². The minimum Gasteiger partial charge on any atom is -0.358 e. The molecule has 1 amide bonds. The number of hydrogen-bond donors (Lipinski definition) is 1. The summed E-state index contributed by atoms with van der Waals surface area (Å²) < 4.78 is 0. The molecule has 0 bridgehead atoms. The highest BCUT2D eigenvalue weighted by molar-refractivity contribution is 5.91. The van der Waals surface area contributed by atoms with Crippen LogP contribution in [0.25, 0.3) is 0 Å². The molecule has 106 valence electrons. The number of nitrogens with one attached hydrogen (secondary N) is 1. The van der Waals surface area contributed by atoms with Crippen LogP contribution >= 0.6 is 0 Å². The number of nitrogens with zero attached hydrogens (tertiary/aromatic N) is 3. The van der Waals surface area contributed by atoms with Gasteiger partial charge in [-0.3, -0.25) is 4.79 Å². The second-order valence-electron chi connectivity index (χ2n) is 5.14. The van der Waals surface area contributed by atoms with Gasteiger partial charge in [-0.2, -0.15) is 0 Å². The molecule has 0 saturated heterocycles. The van der Waals surface area contributed by atoms with Gasteiger partial charge < -0.3 is 10.2 Å². The fourth-order valence-corrected chi connectivity index (χ4v) is 1.53. The molecule has 1 aromatic rings. The third-order valence-corrected chi connectivity index (χ3v) is 2.78. The van der Waals surface area contributed by atoms with Crippen LogP contribution in [0.3, 0.4) is 0 Å². The highest BCUT2D eigenvalue weighted by Gasteiger charge is 2.09. The van der Waals surface area contributed by atoms with Crippen LogP contribution in [0, 0.1) is 5.92 Å². The number of carbonyl (C=O) groups is 1. The molecule has 0 aromatic carbocycles. The summed E-state index contributed by atoms with van der Waals surface area (Å²) in [5.41, 5.74) is 0.369. The number of unbranched alkanes of at least 4 members (excludes halogenated alkanes) is 1. The lowest BCUT2D eigenvalue weighted by Crippen LogP contribution is -2.28. The smallest absolute Gasteiger partial charge is 0.271 e. The first-order valence-corrected chi connectivity index (χ1v) is 6.86. The Bertz CT molecular complexity index is 389. The molecule has 5 heteroatoms. The van der Waals surface area contributed by atoms with Crippen molar-refractivity contribution < 1.29 is 4.79 Å². The van der Waals surface area contributed by atoms with E-state index in [1.54, 1.807) is 6.20 Å². The van der Waals surface area contributed by atoms with Crippen LogP contribution in [-0.4, -0.2) is 36.0 Å². The van der Waals surface area contributed by atoms with Gasteiger partial charge in [0.15, 0.2) is 0 Å². The Morgan fingerprint density at radius 2 is 2.11 bits per heavy atom. The van der Waals surface area contributed by atoms with Crippen LogP contribution < -0.4 is 10.2 Å². The average Bonchev–Trinajstić information content (AvgIpc) is 2.42. The molecule has 0 radical (unpaired) electrons. The van der Waals surface area contributed by atoms with E-state index in [1.165, 1.54) is 6.20 Å². The topological polar surface area (TPSA) is 58.1 Å². The second-order valence-corrected chi connectivity index (χ2v) is 5.14. The Kier molecular flexibility index (Phi) is 6.25. The normalized spacial score (nSPS) is 10.6. The summed E-state index contributed by atoms with van der Waals surface area (Å²) in [6, 6.07) is 0. The lowest BCUT2D eigenvalue weighted by molar-refractivity contribution is 0.0943. The number of anilines is 1. The summed E-state index contributed by atoms with van der Waals surface area (Å²) in [6.45, 7) is 7.86. The van der Waals surface area contributed by atoms with Crippen LogP contribution in [0.1, 0.15) is 44.1 Å². The van der Waals surface area contributed by atoms with Gasteiger partial charge in [-0.05, 0) is 12.3 Å². The fraction of sp³-hybridized carbons (Fsp3) is 0.643. The number of carbonyl (C=O) groups excluding carboxylic acids is 1.